The van der Waals surface area contributed by atoms with Gasteiger partial charge in [0.15, 0.2) is 0 Å². The normalized spacial score (nSPS) is 11.9. The minimum atomic E-state index is -1.88. The molecule has 0 heterocycles. The van der Waals surface area contributed by atoms with Crippen LogP contribution in [0.2, 0.25) is 0 Å². The quantitative estimate of drug-likeness (QED) is 0.475. The maximum Gasteiger partial charge on any atom is 0.353 e. The monoisotopic (exact) mass is 292 g/mol. The van der Waals surface area contributed by atoms with Crippen LogP contribution in [0.1, 0.15) is 10.4 Å². The second kappa shape index (κ2) is 6.44. The van der Waals surface area contributed by atoms with Gasteiger partial charge in [0.25, 0.3) is 0 Å². The SMILES string of the molecule is COC(=O)c1cccc(OC(F)OCBr)c1. The second-order valence-corrected chi connectivity index (χ2v) is 3.15. The summed E-state index contributed by atoms with van der Waals surface area (Å²) in [5.74, 6) is -0.321. The van der Waals surface area contributed by atoms with E-state index in [0.29, 0.717) is 0 Å². The average Bonchev–Trinajstić information content (AvgIpc) is 2.28. The molecule has 0 aliphatic heterocycles. The molecule has 0 spiro atoms. The molecule has 0 aliphatic carbocycles. The Morgan fingerprint density at radius 3 is 2.94 bits per heavy atom. The molecule has 0 amide bonds. The van der Waals surface area contributed by atoms with Crippen molar-refractivity contribution in [3.63, 3.8) is 0 Å². The van der Waals surface area contributed by atoms with Gasteiger partial charge in [-0.15, -0.1) is 0 Å². The number of hydrogen-bond donors (Lipinski definition) is 0. The first-order valence-electron chi connectivity index (χ1n) is 4.34. The summed E-state index contributed by atoms with van der Waals surface area (Å²) in [5, 5.41) is 0. The third-order valence-electron chi connectivity index (χ3n) is 1.68. The highest BCUT2D eigenvalue weighted by atomic mass is 79.9. The van der Waals surface area contributed by atoms with E-state index in [4.69, 9.17) is 4.74 Å². The lowest BCUT2D eigenvalue weighted by molar-refractivity contribution is -0.150. The van der Waals surface area contributed by atoms with Crippen LogP contribution >= 0.6 is 15.9 Å². The highest BCUT2D eigenvalue weighted by Gasteiger charge is 2.10. The molecule has 1 rings (SSSR count). The van der Waals surface area contributed by atoms with Crippen LogP contribution in [-0.4, -0.2) is 25.1 Å². The molecular weight excluding hydrogens is 283 g/mol. The molecule has 0 aliphatic rings. The van der Waals surface area contributed by atoms with Crippen LogP contribution < -0.4 is 4.74 Å². The maximum atomic E-state index is 12.9. The van der Waals surface area contributed by atoms with E-state index in [-0.39, 0.29) is 16.8 Å². The van der Waals surface area contributed by atoms with Crippen LogP contribution in [0.25, 0.3) is 0 Å². The topological polar surface area (TPSA) is 44.8 Å². The van der Waals surface area contributed by atoms with Gasteiger partial charge in [0.1, 0.15) is 11.3 Å². The van der Waals surface area contributed by atoms with Crippen LogP contribution in [0.15, 0.2) is 24.3 Å². The summed E-state index contributed by atoms with van der Waals surface area (Å²) in [6.45, 7) is -1.88. The van der Waals surface area contributed by atoms with Crippen molar-refractivity contribution in [1.29, 1.82) is 0 Å². The van der Waals surface area contributed by atoms with E-state index in [0.717, 1.165) is 0 Å². The van der Waals surface area contributed by atoms with Crippen molar-refractivity contribution in [1.82, 2.24) is 0 Å². The van der Waals surface area contributed by atoms with Crippen LogP contribution in [0.5, 0.6) is 5.75 Å². The molecule has 16 heavy (non-hydrogen) atoms. The van der Waals surface area contributed by atoms with E-state index >= 15 is 0 Å². The van der Waals surface area contributed by atoms with Crippen LogP contribution in [0, 0.1) is 0 Å². The van der Waals surface area contributed by atoms with Crippen molar-refractivity contribution in [3.8, 4) is 5.75 Å². The van der Waals surface area contributed by atoms with Gasteiger partial charge in [0.05, 0.1) is 12.7 Å². The number of hydrogen-bond acceptors (Lipinski definition) is 4. The zero-order valence-corrected chi connectivity index (χ0v) is 10.1. The molecule has 88 valence electrons. The Bertz CT molecular complexity index is 358. The number of halogens is 2. The number of benzene rings is 1. The molecule has 1 aromatic carbocycles. The number of esters is 1. The Labute approximate surface area is 100 Å². The first-order chi connectivity index (χ1) is 7.67. The third-order valence-corrected chi connectivity index (χ3v) is 1.94. The summed E-state index contributed by atoms with van der Waals surface area (Å²) in [5.41, 5.74) is 0.302. The van der Waals surface area contributed by atoms with Gasteiger partial charge in [-0.3, -0.25) is 0 Å². The third kappa shape index (κ3) is 3.79. The van der Waals surface area contributed by atoms with Gasteiger partial charge in [-0.2, -0.15) is 4.39 Å². The largest absolute Gasteiger partial charge is 0.465 e. The summed E-state index contributed by atoms with van der Waals surface area (Å²) >= 11 is 2.90. The zero-order chi connectivity index (χ0) is 12.0. The fourth-order valence-electron chi connectivity index (χ4n) is 1.00. The molecule has 0 fully saturated rings. The van der Waals surface area contributed by atoms with Gasteiger partial charge >= 0.3 is 12.5 Å². The number of ether oxygens (including phenoxy) is 3. The highest BCUT2D eigenvalue weighted by Crippen LogP contribution is 2.16. The van der Waals surface area contributed by atoms with E-state index in [1.54, 1.807) is 6.07 Å². The summed E-state index contributed by atoms with van der Waals surface area (Å²) in [7, 11) is 1.27. The fourth-order valence-corrected chi connectivity index (χ4v) is 1.21. The van der Waals surface area contributed by atoms with Gasteiger partial charge in [-0.25, -0.2) is 4.79 Å². The van der Waals surface area contributed by atoms with Crippen molar-refractivity contribution in [2.24, 2.45) is 0 Å². The van der Waals surface area contributed by atoms with Crippen molar-refractivity contribution in [3.05, 3.63) is 29.8 Å². The molecule has 1 unspecified atom stereocenters. The van der Waals surface area contributed by atoms with Crippen LogP contribution in [0.3, 0.4) is 0 Å². The Kier molecular flexibility index (Phi) is 5.21. The van der Waals surface area contributed by atoms with E-state index < -0.39 is 12.5 Å². The van der Waals surface area contributed by atoms with Gasteiger partial charge in [0.2, 0.25) is 0 Å². The number of carbonyl (C=O) groups is 1. The molecule has 1 aromatic rings. The van der Waals surface area contributed by atoms with Crippen molar-refractivity contribution in [2.75, 3.05) is 12.6 Å². The van der Waals surface area contributed by atoms with E-state index in [1.165, 1.54) is 25.3 Å². The lowest BCUT2D eigenvalue weighted by Gasteiger charge is -2.10. The first-order valence-corrected chi connectivity index (χ1v) is 5.46. The molecule has 0 bridgehead atoms. The Hall–Kier alpha value is -1.14. The number of methoxy groups -OCH3 is 1. The Morgan fingerprint density at radius 2 is 2.31 bits per heavy atom. The number of carbonyl (C=O) groups excluding carboxylic acids is 1. The molecule has 0 saturated carbocycles. The molecule has 1 atom stereocenters. The molecule has 0 saturated heterocycles. The van der Waals surface area contributed by atoms with Gasteiger partial charge in [0, 0.05) is 0 Å². The molecule has 0 N–H and O–H groups in total. The Balaban J connectivity index is 2.70. The van der Waals surface area contributed by atoms with Crippen molar-refractivity contribution >= 4 is 21.9 Å². The zero-order valence-electron chi connectivity index (χ0n) is 8.48. The molecule has 4 nitrogen and oxygen atoms in total. The predicted molar refractivity (Wildman–Crippen MR) is 58.2 cm³/mol. The van der Waals surface area contributed by atoms with Gasteiger partial charge in [-0.05, 0) is 18.2 Å². The Morgan fingerprint density at radius 1 is 1.56 bits per heavy atom. The summed E-state index contributed by atoms with van der Waals surface area (Å²) < 4.78 is 26.7. The minimum absolute atomic E-state index is 0.0187. The lowest BCUT2D eigenvalue weighted by atomic mass is 10.2. The smallest absolute Gasteiger partial charge is 0.353 e. The van der Waals surface area contributed by atoms with Gasteiger partial charge in [-0.1, -0.05) is 22.0 Å². The molecular formula is C10H10BrFO4. The van der Waals surface area contributed by atoms with Crippen LogP contribution in [-0.2, 0) is 9.47 Å². The second-order valence-electron chi connectivity index (χ2n) is 2.69. The first kappa shape index (κ1) is 12.9. The highest BCUT2D eigenvalue weighted by molar-refractivity contribution is 9.09. The summed E-state index contributed by atoms with van der Waals surface area (Å²) in [6, 6.07) is 5.98. The molecule has 0 aromatic heterocycles. The average molecular weight is 293 g/mol. The fraction of sp³-hybridized carbons (Fsp3) is 0.300. The summed E-state index contributed by atoms with van der Waals surface area (Å²) in [6.07, 6.45) is 0. The lowest BCUT2D eigenvalue weighted by Crippen LogP contribution is -2.14. The van der Waals surface area contributed by atoms with Crippen LogP contribution in [0.4, 0.5) is 4.39 Å². The predicted octanol–water partition coefficient (Wildman–Crippen LogP) is 2.47. The van der Waals surface area contributed by atoms with E-state index in [9.17, 15) is 9.18 Å². The maximum absolute atomic E-state index is 12.9. The van der Waals surface area contributed by atoms with Gasteiger partial charge < -0.3 is 14.2 Å². The minimum Gasteiger partial charge on any atom is -0.465 e. The van der Waals surface area contributed by atoms with E-state index in [2.05, 4.69) is 25.4 Å². The summed E-state index contributed by atoms with van der Waals surface area (Å²) in [4.78, 5) is 11.2. The van der Waals surface area contributed by atoms with E-state index in [1.807, 2.05) is 0 Å². The van der Waals surface area contributed by atoms with Crippen molar-refractivity contribution < 1.29 is 23.4 Å². The molecule has 6 heteroatoms. The molecule has 0 radical (unpaired) electrons. The number of alkyl halides is 2. The van der Waals surface area contributed by atoms with Crippen molar-refractivity contribution in [2.45, 2.75) is 6.54 Å². The number of rotatable bonds is 5. The standard InChI is InChI=1S/C10H10BrFO4/c1-14-9(13)7-3-2-4-8(5-7)16-10(12)15-6-11/h2-5,10H,6H2,1H3.